The number of H-pyrrole nitrogens is 1. The van der Waals surface area contributed by atoms with E-state index >= 15 is 0 Å². The molecule has 1 amide bonds. The third-order valence-corrected chi connectivity index (χ3v) is 1.65. The summed E-state index contributed by atoms with van der Waals surface area (Å²) in [6, 6.07) is 0. The number of carbonyl (C=O) groups is 1. The van der Waals surface area contributed by atoms with Crippen LogP contribution in [0.15, 0.2) is 12.0 Å². The molecule has 0 spiro atoms. The molecule has 8 nitrogen and oxygen atoms in total. The normalized spacial score (nSPS) is 11.3. The Morgan fingerprint density at radius 2 is 2.47 bits per heavy atom. The van der Waals surface area contributed by atoms with Crippen molar-refractivity contribution in [3.8, 4) is 0 Å². The lowest BCUT2D eigenvalue weighted by molar-refractivity contribution is -0.393. The van der Waals surface area contributed by atoms with Crippen LogP contribution >= 0.6 is 0 Å². The molecule has 0 aliphatic carbocycles. The van der Waals surface area contributed by atoms with E-state index in [9.17, 15) is 19.3 Å². The first-order valence-corrected chi connectivity index (χ1v) is 4.50. The van der Waals surface area contributed by atoms with E-state index < -0.39 is 22.6 Å². The van der Waals surface area contributed by atoms with E-state index in [0.717, 1.165) is 12.3 Å². The average Bonchev–Trinajstić information content (AvgIpc) is 2.74. The van der Waals surface area contributed by atoms with E-state index in [1.807, 2.05) is 0 Å². The molecule has 1 rings (SSSR count). The molecular weight excluding hydrogens is 235 g/mol. The Bertz CT molecular complexity index is 456. The molecule has 0 fully saturated rings. The number of nitrogens with zero attached hydrogens (tertiary/aromatic N) is 2. The Kier molecular flexibility index (Phi) is 4.29. The standard InChI is InChI=1S/C8H9FN4O4/c9-6(7(15)10-1-2-14)3-5-4-11-8(12-5)13(16)17/h3-4,14H,1-2H2,(H,10,15)(H,11,12). The Hall–Kier alpha value is -2.29. The Labute approximate surface area is 94.3 Å². The van der Waals surface area contributed by atoms with Crippen molar-refractivity contribution in [2.75, 3.05) is 13.2 Å². The smallest absolute Gasteiger partial charge is 0.395 e. The zero-order valence-corrected chi connectivity index (χ0v) is 8.51. The van der Waals surface area contributed by atoms with Crippen LogP contribution in [0.1, 0.15) is 5.69 Å². The minimum Gasteiger partial charge on any atom is -0.395 e. The van der Waals surface area contributed by atoms with Gasteiger partial charge in [-0.05, 0) is 4.92 Å². The van der Waals surface area contributed by atoms with Crippen molar-refractivity contribution >= 4 is 17.9 Å². The van der Waals surface area contributed by atoms with E-state index in [1.165, 1.54) is 0 Å². The summed E-state index contributed by atoms with van der Waals surface area (Å²) in [5.41, 5.74) is -0.00616. The lowest BCUT2D eigenvalue weighted by atomic mass is 10.3. The first-order valence-electron chi connectivity index (χ1n) is 4.50. The van der Waals surface area contributed by atoms with Crippen molar-refractivity contribution in [3.63, 3.8) is 0 Å². The third kappa shape index (κ3) is 3.65. The van der Waals surface area contributed by atoms with E-state index in [-0.39, 0.29) is 18.8 Å². The lowest BCUT2D eigenvalue weighted by Gasteiger charge is -1.98. The molecule has 1 aromatic heterocycles. The van der Waals surface area contributed by atoms with Gasteiger partial charge in [-0.2, -0.15) is 0 Å². The van der Waals surface area contributed by atoms with E-state index in [1.54, 1.807) is 0 Å². The Morgan fingerprint density at radius 3 is 3.00 bits per heavy atom. The number of aliphatic hydroxyl groups is 1. The summed E-state index contributed by atoms with van der Waals surface area (Å²) in [5, 5.41) is 20.8. The maximum absolute atomic E-state index is 13.2. The van der Waals surface area contributed by atoms with Gasteiger partial charge in [-0.1, -0.05) is 4.98 Å². The summed E-state index contributed by atoms with van der Waals surface area (Å²) < 4.78 is 13.2. The SMILES string of the molecule is O=C(NCCO)C(F)=Cc1cnc([N+](=O)[O-])[nH]1. The van der Waals surface area contributed by atoms with E-state index in [0.29, 0.717) is 0 Å². The highest BCUT2D eigenvalue weighted by molar-refractivity contribution is 5.95. The fourth-order valence-corrected chi connectivity index (χ4v) is 0.946. The Morgan fingerprint density at radius 1 is 1.76 bits per heavy atom. The predicted octanol–water partition coefficient (Wildman–Crippen LogP) is -0.263. The molecule has 0 aromatic carbocycles. The number of aliphatic hydroxyl groups excluding tert-OH is 1. The molecule has 0 aliphatic rings. The minimum absolute atomic E-state index is 0.00616. The van der Waals surface area contributed by atoms with E-state index in [4.69, 9.17) is 5.11 Å². The van der Waals surface area contributed by atoms with Crippen molar-refractivity contribution in [1.29, 1.82) is 0 Å². The zero-order valence-electron chi connectivity index (χ0n) is 8.51. The quantitative estimate of drug-likeness (QED) is 0.374. The van der Waals surface area contributed by atoms with Gasteiger partial charge in [0.2, 0.25) is 0 Å². The van der Waals surface area contributed by atoms with Crippen LogP contribution in [0.2, 0.25) is 0 Å². The second-order valence-electron chi connectivity index (χ2n) is 2.89. The number of halogens is 1. The first-order chi connectivity index (χ1) is 8.04. The van der Waals surface area contributed by atoms with Gasteiger partial charge < -0.3 is 20.5 Å². The fraction of sp³-hybridized carbons (Fsp3) is 0.250. The number of nitrogens with one attached hydrogen (secondary N) is 2. The highest BCUT2D eigenvalue weighted by Crippen LogP contribution is 2.09. The number of carbonyl (C=O) groups excluding carboxylic acids is 1. The van der Waals surface area contributed by atoms with Gasteiger partial charge in [0.25, 0.3) is 5.91 Å². The van der Waals surface area contributed by atoms with Crippen molar-refractivity contribution in [1.82, 2.24) is 15.3 Å². The molecule has 0 bridgehead atoms. The third-order valence-electron chi connectivity index (χ3n) is 1.65. The van der Waals surface area contributed by atoms with Crippen LogP contribution in [-0.2, 0) is 4.79 Å². The van der Waals surface area contributed by atoms with Crippen molar-refractivity contribution < 1.29 is 19.2 Å². The van der Waals surface area contributed by atoms with Crippen LogP contribution in [0.5, 0.6) is 0 Å². The maximum atomic E-state index is 13.2. The molecule has 0 saturated carbocycles. The number of hydrogen-bond donors (Lipinski definition) is 3. The van der Waals surface area contributed by atoms with Crippen LogP contribution in [0, 0.1) is 10.1 Å². The summed E-state index contributed by atoms with van der Waals surface area (Å²) >= 11 is 0. The molecule has 17 heavy (non-hydrogen) atoms. The van der Waals surface area contributed by atoms with Crippen LogP contribution in [0.25, 0.3) is 6.08 Å². The Balaban J connectivity index is 2.72. The number of hydrogen-bond acceptors (Lipinski definition) is 5. The van der Waals surface area contributed by atoms with Gasteiger partial charge in [0.15, 0.2) is 5.83 Å². The average molecular weight is 244 g/mol. The van der Waals surface area contributed by atoms with Gasteiger partial charge in [0.1, 0.15) is 11.9 Å². The molecule has 0 saturated heterocycles. The van der Waals surface area contributed by atoms with Gasteiger partial charge in [-0.15, -0.1) is 0 Å². The number of aromatic amines is 1. The molecule has 0 radical (unpaired) electrons. The number of nitro groups is 1. The van der Waals surface area contributed by atoms with Gasteiger partial charge in [0, 0.05) is 12.6 Å². The molecule has 0 atom stereocenters. The second kappa shape index (κ2) is 5.70. The fourth-order valence-electron chi connectivity index (χ4n) is 0.946. The molecular formula is C8H9FN4O4. The highest BCUT2D eigenvalue weighted by atomic mass is 19.1. The van der Waals surface area contributed by atoms with Crippen LogP contribution < -0.4 is 5.32 Å². The largest absolute Gasteiger partial charge is 0.432 e. The van der Waals surface area contributed by atoms with Crippen molar-refractivity contribution in [3.05, 3.63) is 27.8 Å². The number of rotatable bonds is 5. The van der Waals surface area contributed by atoms with Gasteiger partial charge in [-0.25, -0.2) is 9.37 Å². The first kappa shape index (κ1) is 12.8. The molecule has 9 heteroatoms. The van der Waals surface area contributed by atoms with Crippen molar-refractivity contribution in [2.24, 2.45) is 0 Å². The molecule has 1 aromatic rings. The van der Waals surface area contributed by atoms with Crippen LogP contribution in [-0.4, -0.2) is 39.1 Å². The van der Waals surface area contributed by atoms with Crippen molar-refractivity contribution in [2.45, 2.75) is 0 Å². The summed E-state index contributed by atoms with van der Waals surface area (Å²) in [5.74, 6) is -2.70. The number of amides is 1. The lowest BCUT2D eigenvalue weighted by Crippen LogP contribution is -2.26. The molecule has 0 aliphatic heterocycles. The predicted molar refractivity (Wildman–Crippen MR) is 54.4 cm³/mol. The molecule has 92 valence electrons. The number of aromatic nitrogens is 2. The van der Waals surface area contributed by atoms with Gasteiger partial charge in [0.05, 0.1) is 6.61 Å². The summed E-state index contributed by atoms with van der Waals surface area (Å²) in [6.45, 7) is -0.391. The highest BCUT2D eigenvalue weighted by Gasteiger charge is 2.13. The van der Waals surface area contributed by atoms with Gasteiger partial charge >= 0.3 is 5.95 Å². The second-order valence-corrected chi connectivity index (χ2v) is 2.89. The monoisotopic (exact) mass is 244 g/mol. The van der Waals surface area contributed by atoms with E-state index in [2.05, 4.69) is 15.3 Å². The van der Waals surface area contributed by atoms with Gasteiger partial charge in [-0.3, -0.25) is 4.79 Å². The molecule has 1 heterocycles. The number of imidazole rings is 1. The maximum Gasteiger partial charge on any atom is 0.432 e. The van der Waals surface area contributed by atoms with Crippen LogP contribution in [0.4, 0.5) is 10.3 Å². The molecule has 0 unspecified atom stereocenters. The van der Waals surface area contributed by atoms with Crippen LogP contribution in [0.3, 0.4) is 0 Å². The summed E-state index contributed by atoms with van der Waals surface area (Å²) in [4.78, 5) is 26.1. The topological polar surface area (TPSA) is 121 Å². The zero-order chi connectivity index (χ0) is 12.8. The minimum atomic E-state index is -1.14. The summed E-state index contributed by atoms with van der Waals surface area (Å²) in [7, 11) is 0. The molecule has 3 N–H and O–H groups in total. The summed E-state index contributed by atoms with van der Waals surface area (Å²) in [6.07, 6.45) is 1.80.